The minimum atomic E-state index is -0.337. The molecule has 6 nitrogen and oxygen atoms in total. The summed E-state index contributed by atoms with van der Waals surface area (Å²) < 4.78 is 12.3. The summed E-state index contributed by atoms with van der Waals surface area (Å²) in [6.45, 7) is 8.74. The molecule has 1 aliphatic heterocycles. The molecule has 0 saturated carbocycles. The van der Waals surface area contributed by atoms with E-state index in [1.807, 2.05) is 5.48 Å². The largest absolute Gasteiger partial charge is 0.494 e. The molecule has 0 atom stereocenters. The minimum absolute atomic E-state index is 0.0814. The van der Waals surface area contributed by atoms with Crippen molar-refractivity contribution >= 4 is 13.0 Å². The molecule has 2 rings (SSSR count). The van der Waals surface area contributed by atoms with Gasteiger partial charge in [-0.1, -0.05) is 29.9 Å². The van der Waals surface area contributed by atoms with E-state index in [-0.39, 0.29) is 30.8 Å². The Labute approximate surface area is 156 Å². The highest BCUT2D eigenvalue weighted by Gasteiger charge is 2.51. The smallest absolute Gasteiger partial charge is 0.399 e. The van der Waals surface area contributed by atoms with Crippen LogP contribution in [0.1, 0.15) is 53.4 Å². The van der Waals surface area contributed by atoms with E-state index in [0.29, 0.717) is 6.54 Å². The normalized spacial score (nSPS) is 25.3. The summed E-state index contributed by atoms with van der Waals surface area (Å²) in [4.78, 5) is 11.4. The Morgan fingerprint density at radius 2 is 1.92 bits per heavy atom. The molecule has 1 fully saturated rings. The van der Waals surface area contributed by atoms with Crippen molar-refractivity contribution in [1.82, 2.24) is 10.8 Å². The molecule has 144 valence electrons. The number of carbonyl (C=O) groups excluding carboxylic acids is 1. The van der Waals surface area contributed by atoms with E-state index in [0.717, 1.165) is 31.2 Å². The Hall–Kier alpha value is -1.41. The minimum Gasteiger partial charge on any atom is -0.399 e. The number of amides is 1. The molecule has 1 saturated heterocycles. The zero-order chi connectivity index (χ0) is 19.2. The van der Waals surface area contributed by atoms with Gasteiger partial charge in [-0.3, -0.25) is 4.79 Å². The van der Waals surface area contributed by atoms with Gasteiger partial charge in [-0.15, -0.1) is 0 Å². The lowest BCUT2D eigenvalue weighted by atomic mass is 9.77. The highest BCUT2D eigenvalue weighted by Crippen LogP contribution is 2.39. The number of nitrogens with one attached hydrogen (secondary N) is 2. The van der Waals surface area contributed by atoms with Gasteiger partial charge in [0.2, 0.25) is 5.91 Å². The highest BCUT2D eigenvalue weighted by atomic mass is 16.7. The van der Waals surface area contributed by atoms with Crippen molar-refractivity contribution in [2.45, 2.75) is 64.6 Å². The highest BCUT2D eigenvalue weighted by molar-refractivity contribution is 6.55. The van der Waals surface area contributed by atoms with Gasteiger partial charge in [0.25, 0.3) is 0 Å². The monoisotopic (exact) mass is 362 g/mol. The molecule has 26 heavy (non-hydrogen) atoms. The Bertz CT molecular complexity index is 580. The first-order valence-corrected chi connectivity index (χ1v) is 9.29. The van der Waals surface area contributed by atoms with Gasteiger partial charge in [-0.2, -0.15) is 5.48 Å². The SMILES string of the molecule is CC1(C)OB(C2=CCC/C(CCNC(=O)CNO)=C\C/C=C\2)OC1(C)C. The fraction of sp³-hybridized carbons (Fsp3) is 0.632. The van der Waals surface area contributed by atoms with E-state index < -0.39 is 0 Å². The van der Waals surface area contributed by atoms with Crippen LogP contribution in [0.15, 0.2) is 35.3 Å². The van der Waals surface area contributed by atoms with Crippen LogP contribution in [0.5, 0.6) is 0 Å². The van der Waals surface area contributed by atoms with Gasteiger partial charge in [0.15, 0.2) is 0 Å². The molecule has 0 spiro atoms. The molecule has 3 N–H and O–H groups in total. The van der Waals surface area contributed by atoms with Gasteiger partial charge in [0.1, 0.15) is 0 Å². The van der Waals surface area contributed by atoms with Crippen molar-refractivity contribution in [3.63, 3.8) is 0 Å². The molecular weight excluding hydrogens is 331 g/mol. The van der Waals surface area contributed by atoms with Crippen LogP contribution >= 0.6 is 0 Å². The molecule has 0 bridgehead atoms. The maximum Gasteiger partial charge on any atom is 0.494 e. The number of rotatable bonds is 6. The summed E-state index contributed by atoms with van der Waals surface area (Å²) in [6.07, 6.45) is 12.1. The van der Waals surface area contributed by atoms with Gasteiger partial charge in [0.05, 0.1) is 17.7 Å². The molecule has 2 aliphatic rings. The average Bonchev–Trinajstić information content (AvgIpc) is 2.83. The summed E-state index contributed by atoms with van der Waals surface area (Å²) >= 11 is 0. The predicted octanol–water partition coefficient (Wildman–Crippen LogP) is 2.70. The molecule has 0 radical (unpaired) electrons. The summed E-state index contributed by atoms with van der Waals surface area (Å²) in [5.41, 5.74) is 3.57. The lowest BCUT2D eigenvalue weighted by Crippen LogP contribution is -2.41. The number of carbonyl (C=O) groups is 1. The zero-order valence-electron chi connectivity index (χ0n) is 16.3. The number of hydrogen-bond donors (Lipinski definition) is 3. The quantitative estimate of drug-likeness (QED) is 0.385. The van der Waals surface area contributed by atoms with Crippen molar-refractivity contribution in [2.24, 2.45) is 0 Å². The third-order valence-electron chi connectivity index (χ3n) is 5.23. The lowest BCUT2D eigenvalue weighted by molar-refractivity contribution is -0.121. The Morgan fingerprint density at radius 1 is 1.23 bits per heavy atom. The van der Waals surface area contributed by atoms with Gasteiger partial charge >= 0.3 is 7.12 Å². The average molecular weight is 362 g/mol. The number of hydroxylamine groups is 1. The molecule has 0 aromatic carbocycles. The van der Waals surface area contributed by atoms with Gasteiger partial charge in [0, 0.05) is 6.54 Å². The summed E-state index contributed by atoms with van der Waals surface area (Å²) in [5, 5.41) is 11.3. The summed E-state index contributed by atoms with van der Waals surface area (Å²) in [6, 6.07) is 0. The van der Waals surface area contributed by atoms with Crippen molar-refractivity contribution in [3.05, 3.63) is 35.3 Å². The van der Waals surface area contributed by atoms with Crippen LogP contribution in [0, 0.1) is 0 Å². The van der Waals surface area contributed by atoms with Crippen LogP contribution in [-0.4, -0.2) is 42.5 Å². The van der Waals surface area contributed by atoms with E-state index in [2.05, 4.69) is 57.3 Å². The lowest BCUT2D eigenvalue weighted by Gasteiger charge is -2.32. The van der Waals surface area contributed by atoms with Crippen LogP contribution in [0.25, 0.3) is 0 Å². The summed E-state index contributed by atoms with van der Waals surface area (Å²) in [7, 11) is -0.330. The van der Waals surface area contributed by atoms with Crippen LogP contribution < -0.4 is 10.8 Å². The third-order valence-corrected chi connectivity index (χ3v) is 5.23. The second-order valence-electron chi connectivity index (χ2n) is 7.77. The molecule has 0 aromatic heterocycles. The van der Waals surface area contributed by atoms with E-state index >= 15 is 0 Å². The molecular formula is C19H31BN2O4. The second-order valence-corrected chi connectivity index (χ2v) is 7.77. The topological polar surface area (TPSA) is 79.8 Å². The molecule has 7 heteroatoms. The van der Waals surface area contributed by atoms with Crippen LogP contribution in [0.2, 0.25) is 0 Å². The Balaban J connectivity index is 1.90. The Kier molecular flexibility index (Phi) is 7.23. The van der Waals surface area contributed by atoms with E-state index in [1.54, 1.807) is 0 Å². The van der Waals surface area contributed by atoms with Crippen LogP contribution in [0.4, 0.5) is 0 Å². The first-order valence-electron chi connectivity index (χ1n) is 9.29. The van der Waals surface area contributed by atoms with Gasteiger partial charge in [-0.05, 0) is 58.9 Å². The maximum absolute atomic E-state index is 11.4. The molecule has 1 heterocycles. The second kappa shape index (κ2) is 8.99. The number of hydrogen-bond acceptors (Lipinski definition) is 5. The molecule has 1 aliphatic carbocycles. The first-order chi connectivity index (χ1) is 12.2. The zero-order valence-corrected chi connectivity index (χ0v) is 16.3. The van der Waals surface area contributed by atoms with Crippen molar-refractivity contribution in [3.8, 4) is 0 Å². The Morgan fingerprint density at radius 3 is 2.58 bits per heavy atom. The van der Waals surface area contributed by atoms with E-state index in [4.69, 9.17) is 14.5 Å². The third kappa shape index (κ3) is 5.54. The standard InChI is InChI=1S/C19H31BN2O4/c1-18(2)19(3,4)26-20(25-18)16-10-6-5-8-15(9-7-11-16)12-13-21-17(23)14-22-24/h6,8,10-11,22,24H,5,7,9,12-14H2,1-4H3,(H,21,23)/b10-6-,15-8+,16-11?. The molecule has 0 unspecified atom stereocenters. The van der Waals surface area contributed by atoms with Crippen molar-refractivity contribution in [1.29, 1.82) is 0 Å². The maximum atomic E-state index is 11.4. The van der Waals surface area contributed by atoms with E-state index in [1.165, 1.54) is 5.57 Å². The van der Waals surface area contributed by atoms with Crippen LogP contribution in [0.3, 0.4) is 0 Å². The van der Waals surface area contributed by atoms with Crippen molar-refractivity contribution in [2.75, 3.05) is 13.1 Å². The first kappa shape index (κ1) is 20.9. The van der Waals surface area contributed by atoms with Gasteiger partial charge in [-0.25, -0.2) is 0 Å². The van der Waals surface area contributed by atoms with E-state index in [9.17, 15) is 4.79 Å². The predicted molar refractivity (Wildman–Crippen MR) is 103 cm³/mol. The number of allylic oxidation sites excluding steroid dienone is 5. The summed E-state index contributed by atoms with van der Waals surface area (Å²) in [5.74, 6) is -0.209. The van der Waals surface area contributed by atoms with Crippen LogP contribution in [-0.2, 0) is 14.1 Å². The fourth-order valence-corrected chi connectivity index (χ4v) is 2.91. The van der Waals surface area contributed by atoms with Gasteiger partial charge < -0.3 is 19.8 Å². The molecule has 0 aromatic rings. The van der Waals surface area contributed by atoms with Crippen molar-refractivity contribution < 1.29 is 19.3 Å². The molecule has 1 amide bonds. The fourth-order valence-electron chi connectivity index (χ4n) is 2.91.